The van der Waals surface area contributed by atoms with Gasteiger partial charge >= 0.3 is 0 Å². The number of non-ortho nitro benzene ring substituents is 1. The molecule has 1 atom stereocenters. The minimum Gasteiger partial charge on any atom is -0.355 e. The van der Waals surface area contributed by atoms with Crippen LogP contribution in [0.1, 0.15) is 12.5 Å². The van der Waals surface area contributed by atoms with Gasteiger partial charge in [-0.3, -0.25) is 20.3 Å². The van der Waals surface area contributed by atoms with Gasteiger partial charge in [0.15, 0.2) is 0 Å². The SMILES string of the molecule is CC1NNC(=O)/C1=C1/C=C(Sc2ccc([N+](=O)[O-])cc2)c2ccccc2N1. The van der Waals surface area contributed by atoms with Crippen molar-refractivity contribution in [3.8, 4) is 0 Å². The van der Waals surface area contributed by atoms with E-state index >= 15 is 0 Å². The van der Waals surface area contributed by atoms with Crippen LogP contribution >= 0.6 is 11.8 Å². The van der Waals surface area contributed by atoms with Gasteiger partial charge in [-0.25, -0.2) is 5.43 Å². The van der Waals surface area contributed by atoms with Crippen LogP contribution in [0.5, 0.6) is 0 Å². The highest BCUT2D eigenvalue weighted by Crippen LogP contribution is 2.42. The van der Waals surface area contributed by atoms with E-state index in [2.05, 4.69) is 16.2 Å². The highest BCUT2D eigenvalue weighted by molar-refractivity contribution is 8.08. The summed E-state index contributed by atoms with van der Waals surface area (Å²) in [6.07, 6.45) is 1.95. The summed E-state index contributed by atoms with van der Waals surface area (Å²) in [6, 6.07) is 14.2. The van der Waals surface area contributed by atoms with Gasteiger partial charge < -0.3 is 5.32 Å². The Balaban J connectivity index is 1.75. The fraction of sp³-hybridized carbons (Fsp3) is 0.105. The minimum absolute atomic E-state index is 0.0596. The fourth-order valence-electron chi connectivity index (χ4n) is 3.05. The number of hydrogen-bond donors (Lipinski definition) is 3. The number of nitro groups is 1. The lowest BCUT2D eigenvalue weighted by atomic mass is 10.0. The van der Waals surface area contributed by atoms with Gasteiger partial charge in [0.1, 0.15) is 0 Å². The van der Waals surface area contributed by atoms with Crippen molar-refractivity contribution in [2.24, 2.45) is 0 Å². The van der Waals surface area contributed by atoms with E-state index in [4.69, 9.17) is 0 Å². The minimum atomic E-state index is -0.414. The highest BCUT2D eigenvalue weighted by atomic mass is 32.2. The van der Waals surface area contributed by atoms with Gasteiger partial charge in [-0.1, -0.05) is 30.0 Å². The number of rotatable bonds is 3. The maximum atomic E-state index is 12.2. The maximum absolute atomic E-state index is 12.2. The second-order valence-corrected chi connectivity index (χ2v) is 7.30. The maximum Gasteiger partial charge on any atom is 0.269 e. The molecular formula is C19H16N4O3S. The van der Waals surface area contributed by atoms with Crippen LogP contribution in [0, 0.1) is 10.1 Å². The number of nitrogens with zero attached hydrogens (tertiary/aromatic N) is 1. The van der Waals surface area contributed by atoms with E-state index in [9.17, 15) is 14.9 Å². The first-order chi connectivity index (χ1) is 13.0. The number of carbonyl (C=O) groups excluding carboxylic acids is 1. The van der Waals surface area contributed by atoms with Crippen LogP contribution in [0.25, 0.3) is 4.91 Å². The topological polar surface area (TPSA) is 96.3 Å². The molecule has 7 nitrogen and oxygen atoms in total. The third-order valence-corrected chi connectivity index (χ3v) is 5.45. The number of hydrazine groups is 1. The number of anilines is 1. The number of hydrogen-bond acceptors (Lipinski definition) is 6. The van der Waals surface area contributed by atoms with E-state index in [-0.39, 0.29) is 17.6 Å². The molecule has 1 unspecified atom stereocenters. The van der Waals surface area contributed by atoms with Crippen LogP contribution in [0.3, 0.4) is 0 Å². The summed E-state index contributed by atoms with van der Waals surface area (Å²) in [5.41, 5.74) is 8.94. The van der Waals surface area contributed by atoms with E-state index in [1.165, 1.54) is 23.9 Å². The lowest BCUT2D eigenvalue weighted by molar-refractivity contribution is -0.384. The van der Waals surface area contributed by atoms with Crippen LogP contribution < -0.4 is 16.2 Å². The van der Waals surface area contributed by atoms with Crippen molar-refractivity contribution in [3.63, 3.8) is 0 Å². The second kappa shape index (κ2) is 6.90. The molecule has 0 spiro atoms. The number of nitrogens with one attached hydrogen (secondary N) is 3. The highest BCUT2D eigenvalue weighted by Gasteiger charge is 2.29. The second-order valence-electron chi connectivity index (χ2n) is 6.18. The number of para-hydroxylation sites is 1. The third kappa shape index (κ3) is 3.32. The summed E-state index contributed by atoms with van der Waals surface area (Å²) in [5, 5.41) is 14.2. The average Bonchev–Trinajstić information content (AvgIpc) is 3.00. The zero-order chi connectivity index (χ0) is 19.0. The molecule has 0 bridgehead atoms. The zero-order valence-corrected chi connectivity index (χ0v) is 15.2. The Hall–Kier alpha value is -3.10. The molecule has 0 radical (unpaired) electrons. The molecule has 0 aliphatic carbocycles. The zero-order valence-electron chi connectivity index (χ0n) is 14.4. The number of benzene rings is 2. The van der Waals surface area contributed by atoms with Crippen LogP contribution in [0.2, 0.25) is 0 Å². The molecule has 3 N–H and O–H groups in total. The van der Waals surface area contributed by atoms with Crippen molar-refractivity contribution in [2.75, 3.05) is 5.32 Å². The van der Waals surface area contributed by atoms with Crippen molar-refractivity contribution in [1.29, 1.82) is 0 Å². The van der Waals surface area contributed by atoms with Gasteiger partial charge in [-0.05, 0) is 31.2 Å². The molecule has 27 heavy (non-hydrogen) atoms. The quantitative estimate of drug-likeness (QED) is 0.429. The van der Waals surface area contributed by atoms with E-state index < -0.39 is 4.92 Å². The van der Waals surface area contributed by atoms with Crippen molar-refractivity contribution in [2.45, 2.75) is 17.9 Å². The summed E-state index contributed by atoms with van der Waals surface area (Å²) in [4.78, 5) is 24.5. The summed E-state index contributed by atoms with van der Waals surface area (Å²) in [5.74, 6) is -0.152. The largest absolute Gasteiger partial charge is 0.355 e. The van der Waals surface area contributed by atoms with Crippen molar-refractivity contribution in [1.82, 2.24) is 10.9 Å². The normalized spacial score (nSPS) is 21.1. The molecule has 2 aromatic rings. The number of allylic oxidation sites excluding steroid dienone is 1. The molecule has 1 amide bonds. The number of amides is 1. The Bertz CT molecular complexity index is 998. The number of nitro benzene ring substituents is 1. The van der Waals surface area contributed by atoms with E-state index in [0.29, 0.717) is 5.57 Å². The third-order valence-electron chi connectivity index (χ3n) is 4.38. The molecule has 1 saturated heterocycles. The number of carbonyl (C=O) groups is 1. The first kappa shape index (κ1) is 17.3. The van der Waals surface area contributed by atoms with E-state index in [0.717, 1.165) is 26.7 Å². The molecule has 2 heterocycles. The summed E-state index contributed by atoms with van der Waals surface area (Å²) in [7, 11) is 0. The number of thioether (sulfide) groups is 1. The fourth-order valence-corrected chi connectivity index (χ4v) is 4.05. The Morgan fingerprint density at radius 2 is 1.85 bits per heavy atom. The van der Waals surface area contributed by atoms with Gasteiger partial charge in [0.2, 0.25) is 0 Å². The van der Waals surface area contributed by atoms with Crippen LogP contribution in [-0.2, 0) is 4.79 Å². The predicted molar refractivity (Wildman–Crippen MR) is 105 cm³/mol. The molecule has 1 fully saturated rings. The molecule has 2 aromatic carbocycles. The molecule has 136 valence electrons. The summed E-state index contributed by atoms with van der Waals surface area (Å²) in [6.45, 7) is 1.92. The van der Waals surface area contributed by atoms with Gasteiger partial charge in [0.25, 0.3) is 11.6 Å². The monoisotopic (exact) mass is 380 g/mol. The molecule has 2 aliphatic rings. The molecule has 2 aliphatic heterocycles. The Labute approximate surface area is 159 Å². The lowest BCUT2D eigenvalue weighted by Gasteiger charge is -2.22. The Morgan fingerprint density at radius 1 is 1.11 bits per heavy atom. The summed E-state index contributed by atoms with van der Waals surface area (Å²) < 4.78 is 0. The van der Waals surface area contributed by atoms with Crippen LogP contribution in [0.4, 0.5) is 11.4 Å². The molecule has 0 saturated carbocycles. The predicted octanol–water partition coefficient (Wildman–Crippen LogP) is 3.43. The van der Waals surface area contributed by atoms with Gasteiger partial charge in [-0.2, -0.15) is 0 Å². The molecule has 8 heteroatoms. The first-order valence-electron chi connectivity index (χ1n) is 8.33. The van der Waals surface area contributed by atoms with Gasteiger partial charge in [-0.15, -0.1) is 0 Å². The molecular weight excluding hydrogens is 364 g/mol. The van der Waals surface area contributed by atoms with Crippen molar-refractivity contribution < 1.29 is 9.72 Å². The smallest absolute Gasteiger partial charge is 0.269 e. The first-order valence-corrected chi connectivity index (χ1v) is 9.15. The van der Waals surface area contributed by atoms with Crippen LogP contribution in [-0.4, -0.2) is 16.9 Å². The average molecular weight is 380 g/mol. The standard InChI is InChI=1S/C19H16N4O3S/c1-11-18(19(24)22-21-11)16-10-17(14-4-2-3-5-15(14)20-16)27-13-8-6-12(7-9-13)23(25)26/h2-11,20-21H,1H3,(H,22,24)/b18-16-. The molecule has 0 aromatic heterocycles. The number of fused-ring (bicyclic) bond motifs is 1. The van der Waals surface area contributed by atoms with E-state index in [1.54, 1.807) is 12.1 Å². The van der Waals surface area contributed by atoms with Crippen molar-refractivity contribution in [3.05, 3.63) is 81.6 Å². The van der Waals surface area contributed by atoms with Gasteiger partial charge in [0, 0.05) is 33.2 Å². The van der Waals surface area contributed by atoms with Crippen molar-refractivity contribution >= 4 is 33.9 Å². The Kier molecular flexibility index (Phi) is 4.43. The lowest BCUT2D eigenvalue weighted by Crippen LogP contribution is -2.29. The van der Waals surface area contributed by atoms with E-state index in [1.807, 2.05) is 37.3 Å². The van der Waals surface area contributed by atoms with Gasteiger partial charge in [0.05, 0.1) is 22.2 Å². The van der Waals surface area contributed by atoms with Crippen LogP contribution in [0.15, 0.2) is 70.8 Å². The Morgan fingerprint density at radius 3 is 2.52 bits per heavy atom. The molecule has 4 rings (SSSR count). The summed E-state index contributed by atoms with van der Waals surface area (Å²) >= 11 is 1.50.